The number of H-pyrrole nitrogens is 1. The normalized spacial score (nSPS) is 13.2. The molecular weight excluding hydrogens is 342 g/mol. The van der Waals surface area contributed by atoms with Crippen molar-refractivity contribution < 1.29 is 0 Å². The summed E-state index contributed by atoms with van der Waals surface area (Å²) in [6.45, 7) is 2.11. The minimum absolute atomic E-state index is 0.510. The van der Waals surface area contributed by atoms with Crippen molar-refractivity contribution in [3.05, 3.63) is 103 Å². The number of hydrogen-bond donors (Lipinski definition) is 2. The molecule has 0 saturated carbocycles. The summed E-state index contributed by atoms with van der Waals surface area (Å²) in [6, 6.07) is 29.3. The average molecular weight is 367 g/mol. The SMILES string of the molecule is CCC(N)(Cc1ccccc1)c1ncc(-c2ccc(-c3ccccc3)cc2)[nH]1. The summed E-state index contributed by atoms with van der Waals surface area (Å²) in [4.78, 5) is 8.10. The van der Waals surface area contributed by atoms with Gasteiger partial charge in [0.1, 0.15) is 5.82 Å². The summed E-state index contributed by atoms with van der Waals surface area (Å²) in [6.07, 6.45) is 3.45. The molecule has 4 rings (SSSR count). The van der Waals surface area contributed by atoms with E-state index in [1.165, 1.54) is 16.7 Å². The fourth-order valence-corrected chi connectivity index (χ4v) is 3.53. The Bertz CT molecular complexity index is 1020. The number of benzene rings is 3. The summed E-state index contributed by atoms with van der Waals surface area (Å²) < 4.78 is 0. The van der Waals surface area contributed by atoms with Crippen LogP contribution in [0.3, 0.4) is 0 Å². The molecule has 140 valence electrons. The Morgan fingerprint density at radius 2 is 1.36 bits per heavy atom. The van der Waals surface area contributed by atoms with E-state index in [9.17, 15) is 0 Å². The van der Waals surface area contributed by atoms with Crippen molar-refractivity contribution in [3.8, 4) is 22.4 Å². The van der Waals surface area contributed by atoms with Gasteiger partial charge in [0.25, 0.3) is 0 Å². The molecule has 3 aromatic carbocycles. The molecule has 0 amide bonds. The molecule has 28 heavy (non-hydrogen) atoms. The number of nitrogens with one attached hydrogen (secondary N) is 1. The summed E-state index contributed by atoms with van der Waals surface area (Å²) in [5.74, 6) is 0.834. The van der Waals surface area contributed by atoms with Crippen molar-refractivity contribution in [3.63, 3.8) is 0 Å². The summed E-state index contributed by atoms with van der Waals surface area (Å²) in [7, 11) is 0. The second-order valence-corrected chi connectivity index (χ2v) is 7.26. The topological polar surface area (TPSA) is 54.7 Å². The van der Waals surface area contributed by atoms with E-state index in [-0.39, 0.29) is 0 Å². The largest absolute Gasteiger partial charge is 0.340 e. The van der Waals surface area contributed by atoms with Gasteiger partial charge in [0, 0.05) is 0 Å². The van der Waals surface area contributed by atoms with Crippen LogP contribution in [-0.4, -0.2) is 9.97 Å². The van der Waals surface area contributed by atoms with Gasteiger partial charge >= 0.3 is 0 Å². The Hall–Kier alpha value is -3.17. The molecule has 0 radical (unpaired) electrons. The van der Waals surface area contributed by atoms with Crippen molar-refractivity contribution in [2.24, 2.45) is 5.73 Å². The number of rotatable bonds is 6. The minimum atomic E-state index is -0.510. The van der Waals surface area contributed by atoms with Gasteiger partial charge in [-0.2, -0.15) is 0 Å². The summed E-state index contributed by atoms with van der Waals surface area (Å²) in [5, 5.41) is 0. The van der Waals surface area contributed by atoms with Crippen molar-refractivity contribution in [1.29, 1.82) is 0 Å². The fraction of sp³-hybridized carbons (Fsp3) is 0.160. The molecule has 3 N–H and O–H groups in total. The van der Waals surface area contributed by atoms with Gasteiger partial charge in [-0.05, 0) is 35.1 Å². The first-order valence-electron chi connectivity index (χ1n) is 9.72. The molecule has 1 heterocycles. The Kier molecular flexibility index (Phi) is 5.09. The highest BCUT2D eigenvalue weighted by Gasteiger charge is 2.29. The molecule has 1 atom stereocenters. The molecule has 0 aliphatic heterocycles. The quantitative estimate of drug-likeness (QED) is 0.469. The molecule has 0 fully saturated rings. The predicted molar refractivity (Wildman–Crippen MR) is 116 cm³/mol. The highest BCUT2D eigenvalue weighted by molar-refractivity contribution is 5.68. The maximum absolute atomic E-state index is 6.75. The van der Waals surface area contributed by atoms with E-state index >= 15 is 0 Å². The van der Waals surface area contributed by atoms with Crippen LogP contribution in [0.1, 0.15) is 24.7 Å². The van der Waals surface area contributed by atoms with Crippen molar-refractivity contribution in [2.75, 3.05) is 0 Å². The van der Waals surface area contributed by atoms with E-state index in [2.05, 4.69) is 77.6 Å². The van der Waals surface area contributed by atoms with Gasteiger partial charge in [-0.15, -0.1) is 0 Å². The minimum Gasteiger partial charge on any atom is -0.340 e. The summed E-state index contributed by atoms with van der Waals surface area (Å²) >= 11 is 0. The molecule has 1 unspecified atom stereocenters. The molecule has 1 aromatic heterocycles. The van der Waals surface area contributed by atoms with Crippen LogP contribution in [0.2, 0.25) is 0 Å². The number of nitrogens with two attached hydrogens (primary N) is 1. The lowest BCUT2D eigenvalue weighted by atomic mass is 9.88. The molecule has 3 nitrogen and oxygen atoms in total. The zero-order chi connectivity index (χ0) is 19.4. The molecule has 0 bridgehead atoms. The van der Waals surface area contributed by atoms with Gasteiger partial charge in [0.2, 0.25) is 0 Å². The lowest BCUT2D eigenvalue weighted by molar-refractivity contribution is 0.402. The van der Waals surface area contributed by atoms with Crippen LogP contribution in [0.25, 0.3) is 22.4 Å². The van der Waals surface area contributed by atoms with E-state index in [1.54, 1.807) is 0 Å². The first-order chi connectivity index (χ1) is 13.7. The van der Waals surface area contributed by atoms with Gasteiger partial charge in [-0.1, -0.05) is 91.9 Å². The third-order valence-corrected chi connectivity index (χ3v) is 5.34. The Labute approximate surface area is 166 Å². The second kappa shape index (κ2) is 7.83. The maximum atomic E-state index is 6.75. The van der Waals surface area contributed by atoms with E-state index < -0.39 is 5.54 Å². The lowest BCUT2D eigenvalue weighted by Gasteiger charge is -2.26. The van der Waals surface area contributed by atoms with Crippen LogP contribution >= 0.6 is 0 Å². The van der Waals surface area contributed by atoms with Crippen LogP contribution in [0.4, 0.5) is 0 Å². The van der Waals surface area contributed by atoms with Crippen molar-refractivity contribution >= 4 is 0 Å². The molecule has 0 spiro atoms. The number of aromatic amines is 1. The van der Waals surface area contributed by atoms with E-state index in [0.717, 1.165) is 29.9 Å². The molecule has 4 aromatic rings. The van der Waals surface area contributed by atoms with Gasteiger partial charge in [0.15, 0.2) is 0 Å². The molecule has 3 heteroatoms. The van der Waals surface area contributed by atoms with Crippen LogP contribution in [-0.2, 0) is 12.0 Å². The Morgan fingerprint density at radius 1 is 0.786 bits per heavy atom. The molecule has 0 aliphatic carbocycles. The molecule has 0 saturated heterocycles. The smallest absolute Gasteiger partial charge is 0.127 e. The summed E-state index contributed by atoms with van der Waals surface area (Å²) in [5.41, 5.74) is 12.0. The fourth-order valence-electron chi connectivity index (χ4n) is 3.53. The van der Waals surface area contributed by atoms with Crippen LogP contribution in [0.15, 0.2) is 91.1 Å². The van der Waals surface area contributed by atoms with Crippen LogP contribution < -0.4 is 5.73 Å². The van der Waals surface area contributed by atoms with Crippen molar-refractivity contribution in [2.45, 2.75) is 25.3 Å². The Morgan fingerprint density at radius 3 is 2.00 bits per heavy atom. The molecule has 0 aliphatic rings. The molecular formula is C25H25N3. The van der Waals surface area contributed by atoms with Gasteiger partial charge in [-0.3, -0.25) is 0 Å². The highest BCUT2D eigenvalue weighted by atomic mass is 15.0. The third-order valence-electron chi connectivity index (χ3n) is 5.34. The zero-order valence-corrected chi connectivity index (χ0v) is 16.1. The number of nitrogens with zero attached hydrogens (tertiary/aromatic N) is 1. The average Bonchev–Trinajstić information content (AvgIpc) is 3.26. The number of hydrogen-bond acceptors (Lipinski definition) is 2. The second-order valence-electron chi connectivity index (χ2n) is 7.26. The first-order valence-corrected chi connectivity index (χ1v) is 9.72. The Balaban J connectivity index is 1.58. The first kappa shape index (κ1) is 18.2. The van der Waals surface area contributed by atoms with E-state index in [4.69, 9.17) is 5.73 Å². The van der Waals surface area contributed by atoms with Crippen LogP contribution in [0, 0.1) is 0 Å². The number of imidazole rings is 1. The van der Waals surface area contributed by atoms with Gasteiger partial charge in [0.05, 0.1) is 17.4 Å². The predicted octanol–water partition coefficient (Wildman–Crippen LogP) is 5.55. The number of aromatic nitrogens is 2. The van der Waals surface area contributed by atoms with Gasteiger partial charge < -0.3 is 10.7 Å². The maximum Gasteiger partial charge on any atom is 0.127 e. The zero-order valence-electron chi connectivity index (χ0n) is 16.1. The lowest BCUT2D eigenvalue weighted by Crippen LogP contribution is -2.39. The van der Waals surface area contributed by atoms with Crippen LogP contribution in [0.5, 0.6) is 0 Å². The van der Waals surface area contributed by atoms with E-state index in [0.29, 0.717) is 0 Å². The standard InChI is InChI=1S/C25H25N3/c1-2-25(26,17-19-9-5-3-6-10-19)24-27-18-23(28-24)22-15-13-21(14-16-22)20-11-7-4-8-12-20/h3-16,18H,2,17,26H2,1H3,(H,27,28). The highest BCUT2D eigenvalue weighted by Crippen LogP contribution is 2.28. The van der Waals surface area contributed by atoms with Crippen molar-refractivity contribution in [1.82, 2.24) is 9.97 Å². The van der Waals surface area contributed by atoms with Gasteiger partial charge in [-0.25, -0.2) is 4.98 Å². The van der Waals surface area contributed by atoms with E-state index in [1.807, 2.05) is 30.5 Å². The monoisotopic (exact) mass is 367 g/mol. The third kappa shape index (κ3) is 3.75.